The Morgan fingerprint density at radius 1 is 1.50 bits per heavy atom. The first kappa shape index (κ1) is 17.7. The van der Waals surface area contributed by atoms with Crippen molar-refractivity contribution < 1.29 is 14.6 Å². The van der Waals surface area contributed by atoms with Crippen LogP contribution in [0.15, 0.2) is 6.07 Å². The zero-order valence-corrected chi connectivity index (χ0v) is 15.8. The first-order chi connectivity index (χ1) is 10.1. The molecule has 1 amide bonds. The summed E-state index contributed by atoms with van der Waals surface area (Å²) >= 11 is 5.01. The predicted molar refractivity (Wildman–Crippen MR) is 90.5 cm³/mol. The maximum atomic E-state index is 12.1. The van der Waals surface area contributed by atoms with Gasteiger partial charge in [-0.3, -0.25) is 0 Å². The Bertz CT molecular complexity index is 533. The quantitative estimate of drug-likeness (QED) is 0.782. The Morgan fingerprint density at radius 2 is 2.09 bits per heavy atom. The summed E-state index contributed by atoms with van der Waals surface area (Å²) < 4.78 is 9.64. The molecule has 1 aliphatic rings. The van der Waals surface area contributed by atoms with Crippen molar-refractivity contribution >= 4 is 33.6 Å². The summed E-state index contributed by atoms with van der Waals surface area (Å²) in [5.41, 5.74) is -0.403. The van der Waals surface area contributed by atoms with Crippen molar-refractivity contribution in [2.75, 3.05) is 13.1 Å². The number of halogens is 1. The standard InChI is InChI=1S/C15H23BrN2O3S/c1-10-9-11(22-17-10)12(16)15(20)5-7-18(8-6-15)13(19)21-14(2,3)4/h9,12,20H,5-8H2,1-4H3. The van der Waals surface area contributed by atoms with Crippen molar-refractivity contribution in [2.24, 2.45) is 0 Å². The van der Waals surface area contributed by atoms with Crippen molar-refractivity contribution in [1.29, 1.82) is 0 Å². The van der Waals surface area contributed by atoms with Crippen LogP contribution in [0.3, 0.4) is 0 Å². The molecule has 1 unspecified atom stereocenters. The lowest BCUT2D eigenvalue weighted by Crippen LogP contribution is -2.49. The summed E-state index contributed by atoms with van der Waals surface area (Å²) in [7, 11) is 0. The molecule has 1 aromatic rings. The van der Waals surface area contributed by atoms with Gasteiger partial charge in [0.1, 0.15) is 5.60 Å². The summed E-state index contributed by atoms with van der Waals surface area (Å²) in [6.07, 6.45) is 0.715. The maximum Gasteiger partial charge on any atom is 0.410 e. The molecule has 1 fully saturated rings. The Hall–Kier alpha value is -0.660. The van der Waals surface area contributed by atoms with E-state index in [0.717, 1.165) is 10.6 Å². The van der Waals surface area contributed by atoms with Gasteiger partial charge in [0.2, 0.25) is 0 Å². The van der Waals surface area contributed by atoms with E-state index in [4.69, 9.17) is 4.74 Å². The third-order valence-electron chi connectivity index (χ3n) is 3.65. The Balaban J connectivity index is 1.97. The molecular formula is C15H23BrN2O3S. The second kappa shape index (κ2) is 6.45. The van der Waals surface area contributed by atoms with Gasteiger partial charge < -0.3 is 14.7 Å². The Labute approximate surface area is 144 Å². The molecule has 2 rings (SSSR count). The Kier molecular flexibility index (Phi) is 5.19. The number of alkyl halides is 1. The molecule has 0 spiro atoms. The second-order valence-electron chi connectivity index (χ2n) is 6.80. The number of aromatic nitrogens is 1. The van der Waals surface area contributed by atoms with Crippen LogP contribution >= 0.6 is 27.5 Å². The monoisotopic (exact) mass is 390 g/mol. The normalized spacial score (nSPS) is 19.8. The highest BCUT2D eigenvalue weighted by Gasteiger charge is 2.41. The molecule has 2 heterocycles. The maximum absolute atomic E-state index is 12.1. The zero-order valence-electron chi connectivity index (χ0n) is 13.4. The van der Waals surface area contributed by atoms with E-state index >= 15 is 0 Å². The number of nitrogens with zero attached hydrogens (tertiary/aromatic N) is 2. The number of ether oxygens (including phenoxy) is 1. The smallest absolute Gasteiger partial charge is 0.410 e. The second-order valence-corrected chi connectivity index (χ2v) is 8.56. The van der Waals surface area contributed by atoms with Crippen molar-refractivity contribution in [2.45, 2.75) is 56.6 Å². The fourth-order valence-corrected chi connectivity index (χ4v) is 4.10. The molecule has 0 bridgehead atoms. The highest BCUT2D eigenvalue weighted by atomic mass is 79.9. The third-order valence-corrected chi connectivity index (χ3v) is 6.24. The molecular weight excluding hydrogens is 368 g/mol. The average Bonchev–Trinajstić information content (AvgIpc) is 2.83. The summed E-state index contributed by atoms with van der Waals surface area (Å²) in [5, 5.41) is 10.9. The first-order valence-electron chi connectivity index (χ1n) is 7.38. The SMILES string of the molecule is Cc1cc(C(Br)C2(O)CCN(C(=O)OC(C)(C)C)CC2)sn1. The van der Waals surface area contributed by atoms with Gasteiger partial charge in [0, 0.05) is 18.0 Å². The van der Waals surface area contributed by atoms with E-state index < -0.39 is 11.2 Å². The van der Waals surface area contributed by atoms with E-state index in [1.54, 1.807) is 4.90 Å². The third kappa shape index (κ3) is 4.20. The Morgan fingerprint density at radius 3 is 2.55 bits per heavy atom. The lowest BCUT2D eigenvalue weighted by molar-refractivity contribution is -0.0318. The summed E-state index contributed by atoms with van der Waals surface area (Å²) in [6, 6.07) is 1.99. The van der Waals surface area contributed by atoms with Crippen LogP contribution in [0.4, 0.5) is 4.79 Å². The minimum absolute atomic E-state index is 0.160. The van der Waals surface area contributed by atoms with Crippen molar-refractivity contribution in [3.05, 3.63) is 16.6 Å². The molecule has 7 heteroatoms. The van der Waals surface area contributed by atoms with Gasteiger partial charge >= 0.3 is 6.09 Å². The van der Waals surface area contributed by atoms with E-state index in [-0.39, 0.29) is 10.9 Å². The van der Waals surface area contributed by atoms with Crippen LogP contribution in [-0.4, -0.2) is 44.8 Å². The van der Waals surface area contributed by atoms with Gasteiger partial charge in [-0.1, -0.05) is 15.9 Å². The lowest BCUT2D eigenvalue weighted by Gasteiger charge is -2.40. The van der Waals surface area contributed by atoms with Crippen LogP contribution in [0.2, 0.25) is 0 Å². The van der Waals surface area contributed by atoms with Gasteiger partial charge in [0.05, 0.1) is 16.1 Å². The van der Waals surface area contributed by atoms with Crippen LogP contribution < -0.4 is 0 Å². The average molecular weight is 391 g/mol. The fourth-order valence-electron chi connectivity index (χ4n) is 2.42. The molecule has 1 aromatic heterocycles. The largest absolute Gasteiger partial charge is 0.444 e. The first-order valence-corrected chi connectivity index (χ1v) is 9.07. The number of rotatable bonds is 2. The topological polar surface area (TPSA) is 62.7 Å². The van der Waals surface area contributed by atoms with Crippen LogP contribution in [0.5, 0.6) is 0 Å². The predicted octanol–water partition coefficient (Wildman–Crippen LogP) is 3.65. The minimum atomic E-state index is -0.864. The molecule has 0 saturated carbocycles. The molecule has 0 radical (unpaired) electrons. The van der Waals surface area contributed by atoms with Gasteiger partial charge in [-0.15, -0.1) is 0 Å². The van der Waals surface area contributed by atoms with Gasteiger partial charge in [0.25, 0.3) is 0 Å². The van der Waals surface area contributed by atoms with Crippen LogP contribution in [0.25, 0.3) is 0 Å². The van der Waals surface area contributed by atoms with E-state index in [2.05, 4.69) is 20.3 Å². The number of aryl methyl sites for hydroxylation is 1. The molecule has 1 N–H and O–H groups in total. The van der Waals surface area contributed by atoms with Crippen molar-refractivity contribution in [1.82, 2.24) is 9.27 Å². The lowest BCUT2D eigenvalue weighted by atomic mass is 9.87. The van der Waals surface area contributed by atoms with Crippen LogP contribution in [-0.2, 0) is 4.74 Å². The highest BCUT2D eigenvalue weighted by molar-refractivity contribution is 9.09. The number of likely N-dealkylation sites (tertiary alicyclic amines) is 1. The summed E-state index contributed by atoms with van der Waals surface area (Å²) in [4.78, 5) is 14.6. The summed E-state index contributed by atoms with van der Waals surface area (Å²) in [6.45, 7) is 8.48. The molecule has 1 aliphatic heterocycles. The van der Waals surface area contributed by atoms with Gasteiger partial charge in [-0.05, 0) is 58.1 Å². The molecule has 1 saturated heterocycles. The van der Waals surface area contributed by atoms with E-state index in [1.165, 1.54) is 11.5 Å². The molecule has 0 aromatic carbocycles. The fraction of sp³-hybridized carbons (Fsp3) is 0.733. The number of carbonyl (C=O) groups excluding carboxylic acids is 1. The zero-order chi connectivity index (χ0) is 16.5. The van der Waals surface area contributed by atoms with Gasteiger partial charge in [-0.25, -0.2) is 4.79 Å². The highest BCUT2D eigenvalue weighted by Crippen LogP contribution is 2.42. The van der Waals surface area contributed by atoms with Gasteiger partial charge in [0.15, 0.2) is 0 Å². The number of amides is 1. The number of piperidine rings is 1. The molecule has 22 heavy (non-hydrogen) atoms. The molecule has 1 atom stereocenters. The van der Waals surface area contributed by atoms with Crippen LogP contribution in [0, 0.1) is 6.92 Å². The molecule has 0 aliphatic carbocycles. The minimum Gasteiger partial charge on any atom is -0.444 e. The van der Waals surface area contributed by atoms with E-state index in [9.17, 15) is 9.90 Å². The number of hydrogen-bond donors (Lipinski definition) is 1. The van der Waals surface area contributed by atoms with Gasteiger partial charge in [-0.2, -0.15) is 4.37 Å². The van der Waals surface area contributed by atoms with Crippen molar-refractivity contribution in [3.8, 4) is 0 Å². The number of hydrogen-bond acceptors (Lipinski definition) is 5. The molecule has 124 valence electrons. The summed E-state index contributed by atoms with van der Waals surface area (Å²) in [5.74, 6) is 0. The number of aliphatic hydroxyl groups is 1. The van der Waals surface area contributed by atoms with Crippen molar-refractivity contribution in [3.63, 3.8) is 0 Å². The molecule has 5 nitrogen and oxygen atoms in total. The van der Waals surface area contributed by atoms with Crippen LogP contribution in [0.1, 0.15) is 49.0 Å². The van der Waals surface area contributed by atoms with E-state index in [0.29, 0.717) is 25.9 Å². The van der Waals surface area contributed by atoms with E-state index in [1.807, 2.05) is 33.8 Å². The number of carbonyl (C=O) groups is 1.